The molecule has 0 N–H and O–H groups in total. The molecule has 0 saturated carbocycles. The Bertz CT molecular complexity index is 803. The normalized spacial score (nSPS) is 11.8. The van der Waals surface area contributed by atoms with E-state index in [-0.39, 0.29) is 5.83 Å². The lowest BCUT2D eigenvalue weighted by Gasteiger charge is -2.16. The molecule has 0 aliphatic heterocycles. The van der Waals surface area contributed by atoms with Crippen LogP contribution in [0.1, 0.15) is 22.6 Å². The van der Waals surface area contributed by atoms with E-state index in [4.69, 9.17) is 23.2 Å². The van der Waals surface area contributed by atoms with Crippen molar-refractivity contribution in [3.8, 4) is 0 Å². The number of benzene rings is 3. The average Bonchev–Trinajstić information content (AvgIpc) is 2.60. The molecule has 3 aromatic rings. The van der Waals surface area contributed by atoms with Crippen molar-refractivity contribution in [2.24, 2.45) is 0 Å². The highest BCUT2D eigenvalue weighted by atomic mass is 35.5. The zero-order valence-corrected chi connectivity index (χ0v) is 14.3. The molecule has 24 heavy (non-hydrogen) atoms. The van der Waals surface area contributed by atoms with E-state index in [9.17, 15) is 0 Å². The summed E-state index contributed by atoms with van der Waals surface area (Å²) in [6.07, 6.45) is 1.48. The van der Waals surface area contributed by atoms with Crippen LogP contribution in [-0.4, -0.2) is 0 Å². The predicted octanol–water partition coefficient (Wildman–Crippen LogP) is 7.14. The number of hydrogen-bond acceptors (Lipinski definition) is 0. The van der Waals surface area contributed by atoms with Crippen molar-refractivity contribution >= 4 is 29.3 Å². The summed E-state index contributed by atoms with van der Waals surface area (Å²) >= 11 is 12.1. The number of hydrogen-bond donors (Lipinski definition) is 0. The minimum atomic E-state index is -0.473. The monoisotopic (exact) mass is 356 g/mol. The molecule has 0 nitrogen and oxygen atoms in total. The van der Waals surface area contributed by atoms with Crippen LogP contribution < -0.4 is 0 Å². The SMILES string of the molecule is F/C(=C\c1ccc(Cl)cc1Cl)C(c1ccccc1)c1ccccc1. The lowest BCUT2D eigenvalue weighted by Crippen LogP contribution is -2.02. The minimum absolute atomic E-state index is 0.267. The third-order valence-corrected chi connectivity index (χ3v) is 4.36. The molecule has 0 amide bonds. The number of allylic oxidation sites excluding steroid dienone is 1. The maximum atomic E-state index is 15.2. The van der Waals surface area contributed by atoms with Crippen molar-refractivity contribution in [1.29, 1.82) is 0 Å². The maximum absolute atomic E-state index is 15.2. The Morgan fingerprint density at radius 2 is 1.33 bits per heavy atom. The Morgan fingerprint density at radius 3 is 1.83 bits per heavy atom. The quantitative estimate of drug-likeness (QED) is 0.466. The van der Waals surface area contributed by atoms with E-state index in [2.05, 4.69) is 0 Å². The fraction of sp³-hybridized carbons (Fsp3) is 0.0476. The van der Waals surface area contributed by atoms with Crippen LogP contribution in [0.25, 0.3) is 6.08 Å². The third kappa shape index (κ3) is 3.87. The van der Waals surface area contributed by atoms with E-state index in [1.165, 1.54) is 6.08 Å². The van der Waals surface area contributed by atoms with Crippen molar-refractivity contribution in [2.45, 2.75) is 5.92 Å². The summed E-state index contributed by atoms with van der Waals surface area (Å²) in [6.45, 7) is 0. The summed E-state index contributed by atoms with van der Waals surface area (Å²) in [5.41, 5.74) is 2.39. The van der Waals surface area contributed by atoms with Gasteiger partial charge in [-0.05, 0) is 34.9 Å². The summed E-state index contributed by atoms with van der Waals surface area (Å²) in [6, 6.07) is 24.2. The Kier molecular flexibility index (Phi) is 5.34. The van der Waals surface area contributed by atoms with Gasteiger partial charge in [0.15, 0.2) is 0 Å². The van der Waals surface area contributed by atoms with E-state index >= 15 is 4.39 Å². The Balaban J connectivity index is 2.07. The second-order valence-corrected chi connectivity index (χ2v) is 6.29. The summed E-state index contributed by atoms with van der Waals surface area (Å²) in [4.78, 5) is 0. The smallest absolute Gasteiger partial charge is 0.112 e. The Morgan fingerprint density at radius 1 is 0.792 bits per heavy atom. The van der Waals surface area contributed by atoms with Gasteiger partial charge in [0.25, 0.3) is 0 Å². The van der Waals surface area contributed by atoms with Crippen molar-refractivity contribution in [3.05, 3.63) is 111 Å². The van der Waals surface area contributed by atoms with Gasteiger partial charge in [-0.15, -0.1) is 0 Å². The lowest BCUT2D eigenvalue weighted by molar-refractivity contribution is 0.586. The zero-order chi connectivity index (χ0) is 16.9. The summed E-state index contributed by atoms with van der Waals surface area (Å²) < 4.78 is 15.2. The van der Waals surface area contributed by atoms with Crippen molar-refractivity contribution in [2.75, 3.05) is 0 Å². The molecule has 0 saturated heterocycles. The van der Waals surface area contributed by atoms with Crippen LogP contribution >= 0.6 is 23.2 Å². The van der Waals surface area contributed by atoms with Gasteiger partial charge in [0.2, 0.25) is 0 Å². The van der Waals surface area contributed by atoms with Gasteiger partial charge in [-0.2, -0.15) is 0 Å². The molecule has 0 unspecified atom stereocenters. The molecule has 0 aliphatic rings. The van der Waals surface area contributed by atoms with Gasteiger partial charge in [-0.1, -0.05) is 89.9 Å². The van der Waals surface area contributed by atoms with Crippen molar-refractivity contribution in [1.82, 2.24) is 0 Å². The topological polar surface area (TPSA) is 0 Å². The molecule has 0 radical (unpaired) electrons. The molecule has 0 spiro atoms. The van der Waals surface area contributed by atoms with Crippen LogP contribution in [0, 0.1) is 0 Å². The highest BCUT2D eigenvalue weighted by Gasteiger charge is 2.19. The standard InChI is InChI=1S/C21H15Cl2F/c22-18-12-11-17(19(23)14-18)13-20(24)21(15-7-3-1-4-8-15)16-9-5-2-6-10-16/h1-14,21H/b20-13-. The molecular weight excluding hydrogens is 342 g/mol. The van der Waals surface area contributed by atoms with Crippen LogP contribution in [0.3, 0.4) is 0 Å². The molecule has 0 fully saturated rings. The molecule has 3 heteroatoms. The molecule has 0 atom stereocenters. The molecule has 3 rings (SSSR count). The fourth-order valence-corrected chi connectivity index (χ4v) is 3.12. The third-order valence-electron chi connectivity index (χ3n) is 3.80. The van der Waals surface area contributed by atoms with Crippen LogP contribution in [-0.2, 0) is 0 Å². The summed E-state index contributed by atoms with van der Waals surface area (Å²) in [7, 11) is 0. The first-order valence-electron chi connectivity index (χ1n) is 7.57. The van der Waals surface area contributed by atoms with Crippen molar-refractivity contribution in [3.63, 3.8) is 0 Å². The Labute approximate surface area is 151 Å². The molecule has 120 valence electrons. The maximum Gasteiger partial charge on any atom is 0.112 e. The van der Waals surface area contributed by atoms with Gasteiger partial charge in [0.1, 0.15) is 5.83 Å². The molecular formula is C21H15Cl2F. The molecule has 3 aromatic carbocycles. The second kappa shape index (κ2) is 7.65. The Hall–Kier alpha value is -2.09. The van der Waals surface area contributed by atoms with Crippen LogP contribution in [0.4, 0.5) is 4.39 Å². The van der Waals surface area contributed by atoms with E-state index in [0.717, 1.165) is 11.1 Å². The largest absolute Gasteiger partial charge is 0.211 e. The predicted molar refractivity (Wildman–Crippen MR) is 100 cm³/mol. The summed E-state index contributed by atoms with van der Waals surface area (Å²) in [5, 5.41) is 0.956. The first-order valence-corrected chi connectivity index (χ1v) is 8.33. The van der Waals surface area contributed by atoms with Gasteiger partial charge in [-0.25, -0.2) is 4.39 Å². The molecule has 0 heterocycles. The summed E-state index contributed by atoms with van der Waals surface area (Å²) in [5.74, 6) is -0.740. The second-order valence-electron chi connectivity index (χ2n) is 5.45. The molecule has 0 aliphatic carbocycles. The van der Waals surface area contributed by atoms with Gasteiger partial charge < -0.3 is 0 Å². The number of rotatable bonds is 4. The van der Waals surface area contributed by atoms with Gasteiger partial charge in [0.05, 0.1) is 5.92 Å². The van der Waals surface area contributed by atoms with Gasteiger partial charge >= 0.3 is 0 Å². The fourth-order valence-electron chi connectivity index (χ4n) is 2.65. The highest BCUT2D eigenvalue weighted by Crippen LogP contribution is 2.35. The van der Waals surface area contributed by atoms with Gasteiger partial charge in [-0.3, -0.25) is 0 Å². The molecule has 0 aromatic heterocycles. The van der Waals surface area contributed by atoms with E-state index in [1.807, 2.05) is 60.7 Å². The first kappa shape index (κ1) is 16.8. The van der Waals surface area contributed by atoms with E-state index in [0.29, 0.717) is 15.6 Å². The first-order chi connectivity index (χ1) is 11.6. The molecule has 0 bridgehead atoms. The lowest BCUT2D eigenvalue weighted by atomic mass is 9.89. The van der Waals surface area contributed by atoms with Crippen LogP contribution in [0.5, 0.6) is 0 Å². The van der Waals surface area contributed by atoms with E-state index < -0.39 is 5.92 Å². The number of halogens is 3. The zero-order valence-electron chi connectivity index (χ0n) is 12.8. The van der Waals surface area contributed by atoms with Crippen molar-refractivity contribution < 1.29 is 4.39 Å². The van der Waals surface area contributed by atoms with Gasteiger partial charge in [0, 0.05) is 10.0 Å². The highest BCUT2D eigenvalue weighted by molar-refractivity contribution is 6.35. The average molecular weight is 357 g/mol. The van der Waals surface area contributed by atoms with E-state index in [1.54, 1.807) is 18.2 Å². The van der Waals surface area contributed by atoms with Crippen LogP contribution in [0.15, 0.2) is 84.7 Å². The van der Waals surface area contributed by atoms with Crippen LogP contribution in [0.2, 0.25) is 10.0 Å². The minimum Gasteiger partial charge on any atom is -0.211 e.